The molecule has 0 rings (SSSR count). The predicted molar refractivity (Wildman–Crippen MR) is 54.7 cm³/mol. The summed E-state index contributed by atoms with van der Waals surface area (Å²) in [5.74, 6) is 0.517. The number of hydrogen-bond donors (Lipinski definition) is 0. The molecule has 72 valence electrons. The molecule has 0 heterocycles. The van der Waals surface area contributed by atoms with Gasteiger partial charge in [0.25, 0.3) is 0 Å². The van der Waals surface area contributed by atoms with E-state index in [4.69, 9.17) is 20.5 Å². The van der Waals surface area contributed by atoms with Crippen LogP contribution in [0.4, 0.5) is 0 Å². The lowest BCUT2D eigenvalue weighted by atomic mass is 10.8. The highest BCUT2D eigenvalue weighted by Crippen LogP contribution is 2.08. The van der Waals surface area contributed by atoms with Crippen molar-refractivity contribution in [1.29, 1.82) is 0 Å². The second-order valence-electron chi connectivity index (χ2n) is 2.44. The van der Waals surface area contributed by atoms with E-state index in [-0.39, 0.29) is 0 Å². The van der Waals surface area contributed by atoms with E-state index in [9.17, 15) is 0 Å². The van der Waals surface area contributed by atoms with E-state index in [1.165, 1.54) is 0 Å². The van der Waals surface area contributed by atoms with Gasteiger partial charge in [0.2, 0.25) is 0 Å². The Morgan fingerprint density at radius 1 is 1.25 bits per heavy atom. The molecule has 0 unspecified atom stereocenters. The third-order valence-electron chi connectivity index (χ3n) is 1.37. The fourth-order valence-corrected chi connectivity index (χ4v) is 3.18. The molecule has 0 aliphatic carbocycles. The minimum atomic E-state index is -2.04. The van der Waals surface area contributed by atoms with Gasteiger partial charge in [-0.1, -0.05) is 6.08 Å². The first-order valence-electron chi connectivity index (χ1n) is 4.20. The van der Waals surface area contributed by atoms with Crippen molar-refractivity contribution in [3.8, 4) is 0 Å². The van der Waals surface area contributed by atoms with Crippen molar-refractivity contribution >= 4 is 20.2 Å². The topological polar surface area (TPSA) is 18.5 Å². The second-order valence-corrected chi connectivity index (χ2v) is 5.69. The summed E-state index contributed by atoms with van der Waals surface area (Å²) >= 11 is 5.53. The van der Waals surface area contributed by atoms with Gasteiger partial charge < -0.3 is 8.85 Å². The van der Waals surface area contributed by atoms with Crippen LogP contribution < -0.4 is 0 Å². The summed E-state index contributed by atoms with van der Waals surface area (Å²) in [6.45, 7) is 7.34. The number of allylic oxidation sites excluding steroid dienone is 1. The lowest BCUT2D eigenvalue weighted by Crippen LogP contribution is -2.36. The Morgan fingerprint density at radius 2 is 1.75 bits per heavy atom. The SMILES string of the molecule is CCO[Si](C)(C=CCCl)OCC. The Hall–Kier alpha value is 0.167. The normalized spacial score (nSPS) is 12.7. The molecule has 4 heteroatoms. The van der Waals surface area contributed by atoms with E-state index in [1.807, 2.05) is 32.2 Å². The summed E-state index contributed by atoms with van der Waals surface area (Å²) in [6, 6.07) is 0. The molecule has 0 fully saturated rings. The van der Waals surface area contributed by atoms with Crippen LogP contribution in [0.2, 0.25) is 6.55 Å². The Bertz CT molecular complexity index is 133. The average molecular weight is 209 g/mol. The maximum absolute atomic E-state index is 5.54. The summed E-state index contributed by atoms with van der Waals surface area (Å²) in [7, 11) is -2.04. The fourth-order valence-electron chi connectivity index (χ4n) is 0.970. The largest absolute Gasteiger partial charge is 0.392 e. The number of halogens is 1. The summed E-state index contributed by atoms with van der Waals surface area (Å²) < 4.78 is 11.1. The maximum atomic E-state index is 5.54. The molecule has 0 atom stereocenters. The average Bonchev–Trinajstić information content (AvgIpc) is 2.02. The smallest absolute Gasteiger partial charge is 0.361 e. The van der Waals surface area contributed by atoms with Crippen LogP contribution in [0.25, 0.3) is 0 Å². The predicted octanol–water partition coefficient (Wildman–Crippen LogP) is 2.47. The Kier molecular flexibility index (Phi) is 6.75. The van der Waals surface area contributed by atoms with Crippen LogP contribution in [0.1, 0.15) is 13.8 Å². The minimum Gasteiger partial charge on any atom is -0.392 e. The van der Waals surface area contributed by atoms with Crippen molar-refractivity contribution < 1.29 is 8.85 Å². The standard InChI is InChI=1S/C8H17ClO2Si/c1-4-10-12(3,11-5-2)8-6-7-9/h6,8H,4-5,7H2,1-3H3. The molecule has 0 saturated carbocycles. The fraction of sp³-hybridized carbons (Fsp3) is 0.750. The van der Waals surface area contributed by atoms with E-state index in [0.29, 0.717) is 19.1 Å². The van der Waals surface area contributed by atoms with Crippen molar-refractivity contribution in [3.63, 3.8) is 0 Å². The second kappa shape index (κ2) is 6.66. The quantitative estimate of drug-likeness (QED) is 0.493. The van der Waals surface area contributed by atoms with Crippen LogP contribution in [-0.2, 0) is 8.85 Å². The Morgan fingerprint density at radius 3 is 2.08 bits per heavy atom. The first-order valence-corrected chi connectivity index (χ1v) is 7.13. The highest BCUT2D eigenvalue weighted by Gasteiger charge is 2.26. The van der Waals surface area contributed by atoms with E-state index in [2.05, 4.69) is 0 Å². The van der Waals surface area contributed by atoms with Crippen molar-refractivity contribution in [2.75, 3.05) is 19.1 Å². The lowest BCUT2D eigenvalue weighted by molar-refractivity contribution is 0.201. The van der Waals surface area contributed by atoms with Crippen molar-refractivity contribution in [3.05, 3.63) is 11.8 Å². The van der Waals surface area contributed by atoms with E-state index < -0.39 is 8.56 Å². The number of alkyl halides is 1. The lowest BCUT2D eigenvalue weighted by Gasteiger charge is -2.21. The van der Waals surface area contributed by atoms with Gasteiger partial charge in [0, 0.05) is 19.1 Å². The molecule has 0 aliphatic heterocycles. The highest BCUT2D eigenvalue weighted by molar-refractivity contribution is 6.71. The third kappa shape index (κ3) is 4.93. The molecule has 0 aromatic heterocycles. The van der Waals surface area contributed by atoms with Gasteiger partial charge in [-0.3, -0.25) is 0 Å². The van der Waals surface area contributed by atoms with Gasteiger partial charge in [-0.15, -0.1) is 11.6 Å². The zero-order valence-electron chi connectivity index (χ0n) is 7.97. The molecule has 0 radical (unpaired) electrons. The molecule has 12 heavy (non-hydrogen) atoms. The number of rotatable bonds is 6. The molecule has 2 nitrogen and oxygen atoms in total. The van der Waals surface area contributed by atoms with Gasteiger partial charge in [0.1, 0.15) is 0 Å². The highest BCUT2D eigenvalue weighted by atomic mass is 35.5. The molecule has 0 spiro atoms. The van der Waals surface area contributed by atoms with Gasteiger partial charge >= 0.3 is 8.56 Å². The van der Waals surface area contributed by atoms with Crippen LogP contribution in [0.3, 0.4) is 0 Å². The Balaban J connectivity index is 4.06. The summed E-state index contributed by atoms with van der Waals surface area (Å²) in [5.41, 5.74) is 1.98. The summed E-state index contributed by atoms with van der Waals surface area (Å²) in [6.07, 6.45) is 1.89. The molecule has 0 aliphatic rings. The molecule has 0 amide bonds. The summed E-state index contributed by atoms with van der Waals surface area (Å²) in [4.78, 5) is 0. The molecular weight excluding hydrogens is 192 g/mol. The van der Waals surface area contributed by atoms with Crippen LogP contribution in [0, 0.1) is 0 Å². The zero-order chi connectivity index (χ0) is 9.45. The maximum Gasteiger partial charge on any atom is 0.361 e. The van der Waals surface area contributed by atoms with Gasteiger partial charge in [-0.2, -0.15) is 0 Å². The molecule has 0 N–H and O–H groups in total. The molecular formula is C8H17ClO2Si. The van der Waals surface area contributed by atoms with E-state index in [0.717, 1.165) is 0 Å². The van der Waals surface area contributed by atoms with Gasteiger partial charge in [0.05, 0.1) is 0 Å². The zero-order valence-corrected chi connectivity index (χ0v) is 9.73. The monoisotopic (exact) mass is 208 g/mol. The van der Waals surface area contributed by atoms with Crippen LogP contribution >= 0.6 is 11.6 Å². The first-order chi connectivity index (χ1) is 5.68. The third-order valence-corrected chi connectivity index (χ3v) is 4.11. The van der Waals surface area contributed by atoms with Crippen molar-refractivity contribution in [2.45, 2.75) is 20.4 Å². The van der Waals surface area contributed by atoms with E-state index in [1.54, 1.807) is 0 Å². The van der Waals surface area contributed by atoms with Crippen molar-refractivity contribution in [2.24, 2.45) is 0 Å². The van der Waals surface area contributed by atoms with E-state index >= 15 is 0 Å². The molecule has 0 saturated heterocycles. The molecule has 0 aromatic carbocycles. The van der Waals surface area contributed by atoms with Crippen LogP contribution in [0.15, 0.2) is 11.8 Å². The van der Waals surface area contributed by atoms with Crippen LogP contribution in [0.5, 0.6) is 0 Å². The summed E-state index contributed by atoms with van der Waals surface area (Å²) in [5, 5.41) is 0. The minimum absolute atomic E-state index is 0.517. The molecule has 0 aromatic rings. The van der Waals surface area contributed by atoms with Gasteiger partial charge in [-0.05, 0) is 26.1 Å². The molecule has 0 bridgehead atoms. The Labute approximate surface area is 80.8 Å². The number of hydrogen-bond acceptors (Lipinski definition) is 2. The first kappa shape index (κ1) is 12.2. The van der Waals surface area contributed by atoms with Crippen LogP contribution in [-0.4, -0.2) is 27.7 Å². The van der Waals surface area contributed by atoms with Crippen molar-refractivity contribution in [1.82, 2.24) is 0 Å². The van der Waals surface area contributed by atoms with Gasteiger partial charge in [-0.25, -0.2) is 0 Å². The van der Waals surface area contributed by atoms with Gasteiger partial charge in [0.15, 0.2) is 0 Å².